The summed E-state index contributed by atoms with van der Waals surface area (Å²) in [5, 5.41) is 4.59. The summed E-state index contributed by atoms with van der Waals surface area (Å²) in [6.45, 7) is 2.08. The van der Waals surface area contributed by atoms with E-state index in [9.17, 15) is 0 Å². The van der Waals surface area contributed by atoms with Gasteiger partial charge in [-0.25, -0.2) is 0 Å². The van der Waals surface area contributed by atoms with Gasteiger partial charge in [-0.1, -0.05) is 23.2 Å². The van der Waals surface area contributed by atoms with Crippen molar-refractivity contribution in [3.63, 3.8) is 0 Å². The standard InChI is InChI=1S/C13H13Cl2NO/c1-9(5-13-3-2-4-17-13)16-12-7-10(14)6-11(15)8-12/h2-4,6-9,16H,5H2,1H3. The van der Waals surface area contributed by atoms with Crippen LogP contribution < -0.4 is 5.32 Å². The number of anilines is 1. The van der Waals surface area contributed by atoms with Crippen LogP contribution in [0, 0.1) is 0 Å². The monoisotopic (exact) mass is 269 g/mol. The molecule has 0 amide bonds. The van der Waals surface area contributed by atoms with E-state index in [1.165, 1.54) is 0 Å². The van der Waals surface area contributed by atoms with E-state index in [2.05, 4.69) is 12.2 Å². The van der Waals surface area contributed by atoms with Crippen LogP contribution in [0.25, 0.3) is 0 Å². The summed E-state index contributed by atoms with van der Waals surface area (Å²) in [5.74, 6) is 0.957. The number of rotatable bonds is 4. The Morgan fingerprint density at radius 3 is 2.53 bits per heavy atom. The van der Waals surface area contributed by atoms with Gasteiger partial charge in [0, 0.05) is 28.2 Å². The predicted molar refractivity (Wildman–Crippen MR) is 72.0 cm³/mol. The Hall–Kier alpha value is -1.12. The van der Waals surface area contributed by atoms with Crippen LogP contribution in [0.2, 0.25) is 10.0 Å². The number of hydrogen-bond acceptors (Lipinski definition) is 2. The molecular formula is C13H13Cl2NO. The average Bonchev–Trinajstić information content (AvgIpc) is 2.67. The van der Waals surface area contributed by atoms with Crippen LogP contribution in [0.1, 0.15) is 12.7 Å². The van der Waals surface area contributed by atoms with Crippen LogP contribution in [0.5, 0.6) is 0 Å². The maximum Gasteiger partial charge on any atom is 0.105 e. The van der Waals surface area contributed by atoms with E-state index in [0.29, 0.717) is 10.0 Å². The third-order valence-corrected chi connectivity index (χ3v) is 2.80. The zero-order valence-electron chi connectivity index (χ0n) is 9.41. The zero-order chi connectivity index (χ0) is 12.3. The van der Waals surface area contributed by atoms with Crippen LogP contribution in [-0.4, -0.2) is 6.04 Å². The molecule has 2 aromatic rings. The van der Waals surface area contributed by atoms with Crippen molar-refractivity contribution < 1.29 is 4.42 Å². The topological polar surface area (TPSA) is 25.2 Å². The van der Waals surface area contributed by atoms with E-state index < -0.39 is 0 Å². The number of nitrogens with one attached hydrogen (secondary N) is 1. The summed E-state index contributed by atoms with van der Waals surface area (Å²) in [4.78, 5) is 0. The molecule has 2 nitrogen and oxygen atoms in total. The third-order valence-electron chi connectivity index (χ3n) is 2.36. The van der Waals surface area contributed by atoms with Gasteiger partial charge in [0.25, 0.3) is 0 Å². The van der Waals surface area contributed by atoms with Crippen LogP contribution in [0.3, 0.4) is 0 Å². The normalized spacial score (nSPS) is 12.4. The molecule has 1 N–H and O–H groups in total. The Bertz CT molecular complexity index is 462. The summed E-state index contributed by atoms with van der Waals surface area (Å²) >= 11 is 11.9. The molecule has 17 heavy (non-hydrogen) atoms. The first-order chi connectivity index (χ1) is 8.13. The van der Waals surface area contributed by atoms with E-state index in [-0.39, 0.29) is 6.04 Å². The molecule has 2 rings (SSSR count). The van der Waals surface area contributed by atoms with Gasteiger partial charge in [-0.2, -0.15) is 0 Å². The molecule has 4 heteroatoms. The van der Waals surface area contributed by atoms with Crippen LogP contribution >= 0.6 is 23.2 Å². The lowest BCUT2D eigenvalue weighted by Gasteiger charge is -2.14. The van der Waals surface area contributed by atoms with E-state index in [1.54, 1.807) is 12.3 Å². The number of furan rings is 1. The van der Waals surface area contributed by atoms with Gasteiger partial charge >= 0.3 is 0 Å². The lowest BCUT2D eigenvalue weighted by Crippen LogP contribution is -2.17. The summed E-state index contributed by atoms with van der Waals surface area (Å²) < 4.78 is 5.30. The maximum atomic E-state index is 5.93. The Balaban J connectivity index is 2.00. The predicted octanol–water partition coefficient (Wildman–Crippen LogP) is 4.63. The fraction of sp³-hybridized carbons (Fsp3) is 0.231. The molecule has 0 aliphatic carbocycles. The molecule has 0 radical (unpaired) electrons. The molecule has 0 spiro atoms. The molecule has 1 unspecified atom stereocenters. The second-order valence-electron chi connectivity index (χ2n) is 3.99. The highest BCUT2D eigenvalue weighted by molar-refractivity contribution is 6.35. The summed E-state index contributed by atoms with van der Waals surface area (Å²) in [6.07, 6.45) is 2.50. The number of benzene rings is 1. The highest BCUT2D eigenvalue weighted by Crippen LogP contribution is 2.23. The van der Waals surface area contributed by atoms with Crippen molar-refractivity contribution in [2.45, 2.75) is 19.4 Å². The molecule has 90 valence electrons. The summed E-state index contributed by atoms with van der Waals surface area (Å²) in [6, 6.07) is 9.51. The van der Waals surface area contributed by atoms with Crippen molar-refractivity contribution in [1.82, 2.24) is 0 Å². The third kappa shape index (κ3) is 3.69. The van der Waals surface area contributed by atoms with Crippen molar-refractivity contribution in [3.05, 3.63) is 52.4 Å². The number of hydrogen-bond donors (Lipinski definition) is 1. The summed E-state index contributed by atoms with van der Waals surface area (Å²) in [5.41, 5.74) is 0.918. The van der Waals surface area contributed by atoms with Gasteiger partial charge in [0.1, 0.15) is 5.76 Å². The Morgan fingerprint density at radius 2 is 1.94 bits per heavy atom. The van der Waals surface area contributed by atoms with Crippen molar-refractivity contribution in [3.8, 4) is 0 Å². The van der Waals surface area contributed by atoms with Gasteiger partial charge in [0.05, 0.1) is 6.26 Å². The lowest BCUT2D eigenvalue weighted by molar-refractivity contribution is 0.498. The maximum absolute atomic E-state index is 5.93. The minimum Gasteiger partial charge on any atom is -0.469 e. The van der Waals surface area contributed by atoms with Gasteiger partial charge < -0.3 is 9.73 Å². The van der Waals surface area contributed by atoms with Crippen molar-refractivity contribution in [2.24, 2.45) is 0 Å². The van der Waals surface area contributed by atoms with Crippen molar-refractivity contribution in [2.75, 3.05) is 5.32 Å². The molecule has 1 heterocycles. The van der Waals surface area contributed by atoms with E-state index in [4.69, 9.17) is 27.6 Å². The molecule has 0 fully saturated rings. The van der Waals surface area contributed by atoms with E-state index >= 15 is 0 Å². The largest absolute Gasteiger partial charge is 0.469 e. The van der Waals surface area contributed by atoms with Crippen LogP contribution in [0.15, 0.2) is 41.0 Å². The Morgan fingerprint density at radius 1 is 1.24 bits per heavy atom. The van der Waals surface area contributed by atoms with E-state index in [0.717, 1.165) is 17.9 Å². The lowest BCUT2D eigenvalue weighted by atomic mass is 10.2. The zero-order valence-corrected chi connectivity index (χ0v) is 10.9. The van der Waals surface area contributed by atoms with Gasteiger partial charge in [-0.15, -0.1) is 0 Å². The second kappa shape index (κ2) is 5.48. The van der Waals surface area contributed by atoms with Gasteiger partial charge in [-0.3, -0.25) is 0 Å². The minimum atomic E-state index is 0.246. The van der Waals surface area contributed by atoms with Crippen LogP contribution in [0.4, 0.5) is 5.69 Å². The average molecular weight is 270 g/mol. The molecular weight excluding hydrogens is 257 g/mol. The van der Waals surface area contributed by atoms with Crippen LogP contribution in [-0.2, 0) is 6.42 Å². The van der Waals surface area contributed by atoms with Gasteiger partial charge in [0.15, 0.2) is 0 Å². The first kappa shape index (κ1) is 12.3. The highest BCUT2D eigenvalue weighted by Gasteiger charge is 2.06. The molecule has 0 saturated carbocycles. The first-order valence-corrected chi connectivity index (χ1v) is 6.14. The minimum absolute atomic E-state index is 0.246. The smallest absolute Gasteiger partial charge is 0.105 e. The van der Waals surface area contributed by atoms with E-state index in [1.807, 2.05) is 24.3 Å². The van der Waals surface area contributed by atoms with Crippen molar-refractivity contribution in [1.29, 1.82) is 0 Å². The first-order valence-electron chi connectivity index (χ1n) is 5.38. The molecule has 1 aromatic carbocycles. The second-order valence-corrected chi connectivity index (χ2v) is 4.86. The van der Waals surface area contributed by atoms with Gasteiger partial charge in [-0.05, 0) is 37.3 Å². The molecule has 1 aromatic heterocycles. The molecule has 0 saturated heterocycles. The Labute approximate surface area is 111 Å². The SMILES string of the molecule is CC(Cc1ccco1)Nc1cc(Cl)cc(Cl)c1. The van der Waals surface area contributed by atoms with Crippen molar-refractivity contribution >= 4 is 28.9 Å². The molecule has 1 atom stereocenters. The molecule has 0 aliphatic rings. The molecule has 0 aliphatic heterocycles. The highest BCUT2D eigenvalue weighted by atomic mass is 35.5. The Kier molecular flexibility index (Phi) is 3.97. The molecule has 0 bridgehead atoms. The van der Waals surface area contributed by atoms with Gasteiger partial charge in [0.2, 0.25) is 0 Å². The quantitative estimate of drug-likeness (QED) is 0.876. The number of halogens is 2. The fourth-order valence-corrected chi connectivity index (χ4v) is 2.23. The fourth-order valence-electron chi connectivity index (χ4n) is 1.70. The summed E-state index contributed by atoms with van der Waals surface area (Å²) in [7, 11) is 0.